The third-order valence-corrected chi connectivity index (χ3v) is 6.39. The van der Waals surface area contributed by atoms with Crippen molar-refractivity contribution in [2.45, 2.75) is 0 Å². The molecule has 202 valence electrons. The molecule has 8 heteroatoms. The fourth-order valence-electron chi connectivity index (χ4n) is 4.34. The van der Waals surface area contributed by atoms with E-state index in [1.54, 1.807) is 26.5 Å². The molecule has 40 heavy (non-hydrogen) atoms. The van der Waals surface area contributed by atoms with Crippen LogP contribution in [-0.4, -0.2) is 43.5 Å². The minimum absolute atomic E-state index is 0.362. The lowest BCUT2D eigenvalue weighted by molar-refractivity contribution is 0.144. The smallest absolute Gasteiger partial charge is 0.162 e. The number of nitrogens with one attached hydrogen (secondary N) is 2. The first-order chi connectivity index (χ1) is 19.6. The van der Waals surface area contributed by atoms with Gasteiger partial charge in [-0.25, -0.2) is 4.99 Å². The lowest BCUT2D eigenvalue weighted by atomic mass is 10.0. The quantitative estimate of drug-likeness (QED) is 0.103. The zero-order chi connectivity index (χ0) is 27.9. The molecule has 0 radical (unpaired) electrons. The maximum Gasteiger partial charge on any atom is 0.162 e. The number of ether oxygens (including phenoxy) is 3. The zero-order valence-electron chi connectivity index (χ0n) is 22.5. The average molecular weight is 534 g/mol. The molecule has 5 aromatic rings. The Bertz CT molecular complexity index is 1660. The summed E-state index contributed by atoms with van der Waals surface area (Å²) in [7, 11) is 3.22. The van der Waals surface area contributed by atoms with Crippen molar-refractivity contribution in [2.24, 2.45) is 10.7 Å². The summed E-state index contributed by atoms with van der Waals surface area (Å²) in [5, 5.41) is 11.4. The first-order valence-corrected chi connectivity index (χ1v) is 12.8. The molecule has 0 atom stereocenters. The maximum absolute atomic E-state index is 6.57. The molecule has 0 aliphatic carbocycles. The minimum Gasteiger partial charge on any atom is -0.493 e. The number of hydrogen-bond donors (Lipinski definition) is 3. The van der Waals surface area contributed by atoms with Crippen molar-refractivity contribution in [2.75, 3.05) is 32.8 Å². The number of rotatable bonds is 11. The Labute approximate surface area is 233 Å². The molecule has 1 heterocycles. The summed E-state index contributed by atoms with van der Waals surface area (Å²) < 4.78 is 16.7. The number of benzene rings is 4. The van der Waals surface area contributed by atoms with Crippen molar-refractivity contribution in [3.8, 4) is 22.6 Å². The number of H-pyrrole nitrogens is 1. The molecule has 0 saturated heterocycles. The standard InChI is InChI=1S/C32H31N5O3/c1-21(35-26-12-13-28-25(17-26)20-34-37-28)27-18-31(40-15-14-38-2)30(39-3)19-29(27)36-32(33)24-11-7-10-23(16-24)22-8-5-4-6-9-22/h4-13,16-20,35H,1,14-15H2,2-3H3,(H2,33,36)(H,34,37). The van der Waals surface area contributed by atoms with E-state index >= 15 is 0 Å². The van der Waals surface area contributed by atoms with E-state index in [0.29, 0.717) is 47.5 Å². The highest BCUT2D eigenvalue weighted by atomic mass is 16.5. The summed E-state index contributed by atoms with van der Waals surface area (Å²) in [5.41, 5.74) is 13.2. The van der Waals surface area contributed by atoms with Gasteiger partial charge in [0.2, 0.25) is 0 Å². The summed E-state index contributed by atoms with van der Waals surface area (Å²) in [6.07, 6.45) is 1.78. The molecule has 5 rings (SSSR count). The Hall–Kier alpha value is -5.08. The Morgan fingerprint density at radius 1 is 0.925 bits per heavy atom. The van der Waals surface area contributed by atoms with Gasteiger partial charge in [0.25, 0.3) is 0 Å². The van der Waals surface area contributed by atoms with E-state index in [2.05, 4.69) is 40.3 Å². The molecule has 0 aliphatic rings. The number of aliphatic imine (C=N–C) groups is 1. The van der Waals surface area contributed by atoms with Crippen LogP contribution in [0.15, 0.2) is 103 Å². The normalized spacial score (nSPS) is 11.4. The summed E-state index contributed by atoms with van der Waals surface area (Å²) in [4.78, 5) is 4.83. The van der Waals surface area contributed by atoms with Gasteiger partial charge in [-0.05, 0) is 41.5 Å². The third kappa shape index (κ3) is 5.98. The minimum atomic E-state index is 0.362. The van der Waals surface area contributed by atoms with Crippen molar-refractivity contribution in [1.29, 1.82) is 0 Å². The van der Waals surface area contributed by atoms with Gasteiger partial charge < -0.3 is 25.3 Å². The highest BCUT2D eigenvalue weighted by molar-refractivity contribution is 6.01. The molecule has 0 bridgehead atoms. The molecule has 0 unspecified atom stereocenters. The molecule has 4 N–H and O–H groups in total. The van der Waals surface area contributed by atoms with Crippen molar-refractivity contribution in [3.05, 3.63) is 109 Å². The van der Waals surface area contributed by atoms with Crippen LogP contribution in [0, 0.1) is 0 Å². The predicted molar refractivity (Wildman–Crippen MR) is 161 cm³/mol. The van der Waals surface area contributed by atoms with Gasteiger partial charge in [-0.1, -0.05) is 55.1 Å². The van der Waals surface area contributed by atoms with E-state index in [9.17, 15) is 0 Å². The number of anilines is 1. The van der Waals surface area contributed by atoms with Crippen LogP contribution in [0.4, 0.5) is 11.4 Å². The lowest BCUT2D eigenvalue weighted by Gasteiger charge is -2.17. The Morgan fingerprint density at radius 2 is 1.75 bits per heavy atom. The summed E-state index contributed by atoms with van der Waals surface area (Å²) in [6, 6.07) is 27.7. The van der Waals surface area contributed by atoms with Crippen LogP contribution in [0.2, 0.25) is 0 Å². The number of fused-ring (bicyclic) bond motifs is 1. The Balaban J connectivity index is 1.53. The molecule has 8 nitrogen and oxygen atoms in total. The molecule has 1 aromatic heterocycles. The van der Waals surface area contributed by atoms with Crippen LogP contribution >= 0.6 is 0 Å². The van der Waals surface area contributed by atoms with Crippen molar-refractivity contribution < 1.29 is 14.2 Å². The fraction of sp³-hybridized carbons (Fsp3) is 0.125. The van der Waals surface area contributed by atoms with Gasteiger partial charge in [-0.3, -0.25) is 5.10 Å². The number of aromatic nitrogens is 2. The second-order valence-corrected chi connectivity index (χ2v) is 9.08. The maximum atomic E-state index is 6.57. The number of nitrogens with zero attached hydrogens (tertiary/aromatic N) is 2. The average Bonchev–Trinajstić information content (AvgIpc) is 3.46. The first-order valence-electron chi connectivity index (χ1n) is 12.8. The Kier molecular flexibility index (Phi) is 8.08. The summed E-state index contributed by atoms with van der Waals surface area (Å²) in [5.74, 6) is 1.44. The van der Waals surface area contributed by atoms with Gasteiger partial charge in [0.15, 0.2) is 11.5 Å². The Morgan fingerprint density at radius 3 is 2.55 bits per heavy atom. The van der Waals surface area contributed by atoms with Crippen molar-refractivity contribution in [3.63, 3.8) is 0 Å². The number of hydrogen-bond acceptors (Lipinski definition) is 6. The van der Waals surface area contributed by atoms with Crippen LogP contribution in [0.3, 0.4) is 0 Å². The fourth-order valence-corrected chi connectivity index (χ4v) is 4.34. The molecule has 0 spiro atoms. The molecule has 4 aromatic carbocycles. The van der Waals surface area contributed by atoms with Gasteiger partial charge in [-0.2, -0.15) is 5.10 Å². The van der Waals surface area contributed by atoms with Gasteiger partial charge in [-0.15, -0.1) is 0 Å². The van der Waals surface area contributed by atoms with Crippen LogP contribution in [0.25, 0.3) is 27.7 Å². The number of methoxy groups -OCH3 is 2. The summed E-state index contributed by atoms with van der Waals surface area (Å²) >= 11 is 0. The topological polar surface area (TPSA) is 107 Å². The zero-order valence-corrected chi connectivity index (χ0v) is 22.5. The molecule has 0 amide bonds. The van der Waals surface area contributed by atoms with Crippen molar-refractivity contribution >= 4 is 33.8 Å². The van der Waals surface area contributed by atoms with Gasteiger partial charge in [0.05, 0.1) is 31.1 Å². The van der Waals surface area contributed by atoms with E-state index in [1.165, 1.54) is 0 Å². The number of aromatic amines is 1. The van der Waals surface area contributed by atoms with E-state index < -0.39 is 0 Å². The lowest BCUT2D eigenvalue weighted by Crippen LogP contribution is -2.13. The van der Waals surface area contributed by atoms with E-state index in [4.69, 9.17) is 24.9 Å². The monoisotopic (exact) mass is 533 g/mol. The second-order valence-electron chi connectivity index (χ2n) is 9.08. The van der Waals surface area contributed by atoms with E-state index in [0.717, 1.165) is 33.3 Å². The third-order valence-electron chi connectivity index (χ3n) is 6.39. The number of amidine groups is 1. The molecular weight excluding hydrogens is 502 g/mol. The highest BCUT2D eigenvalue weighted by Crippen LogP contribution is 2.38. The highest BCUT2D eigenvalue weighted by Gasteiger charge is 2.16. The van der Waals surface area contributed by atoms with Gasteiger partial charge in [0.1, 0.15) is 12.4 Å². The van der Waals surface area contributed by atoms with Crippen molar-refractivity contribution in [1.82, 2.24) is 10.2 Å². The first kappa shape index (κ1) is 26.5. The van der Waals surface area contributed by atoms with Gasteiger partial charge in [0, 0.05) is 41.1 Å². The van der Waals surface area contributed by atoms with Crippen LogP contribution in [0.5, 0.6) is 11.5 Å². The summed E-state index contributed by atoms with van der Waals surface area (Å²) in [6.45, 7) is 5.11. The van der Waals surface area contributed by atoms with Gasteiger partial charge >= 0.3 is 0 Å². The second kappa shape index (κ2) is 12.2. The van der Waals surface area contributed by atoms with E-state index in [-0.39, 0.29) is 0 Å². The van der Waals surface area contributed by atoms with Crippen LogP contribution < -0.4 is 20.5 Å². The van der Waals surface area contributed by atoms with Crippen LogP contribution in [-0.2, 0) is 4.74 Å². The SMILES string of the molecule is C=C(Nc1ccc2[nH]ncc2c1)c1cc(OCCOC)c(OC)cc1N=C(N)c1cccc(-c2ccccc2)c1. The molecule has 0 aliphatic heterocycles. The predicted octanol–water partition coefficient (Wildman–Crippen LogP) is 6.38. The molecular formula is C32H31N5O3. The van der Waals surface area contributed by atoms with Crippen LogP contribution in [0.1, 0.15) is 11.1 Å². The largest absolute Gasteiger partial charge is 0.493 e. The molecule has 0 fully saturated rings. The molecule has 0 saturated carbocycles. The van der Waals surface area contributed by atoms with E-state index in [1.807, 2.05) is 60.7 Å². The number of nitrogens with two attached hydrogens (primary N) is 1.